The zero-order valence-electron chi connectivity index (χ0n) is 17.0. The average Bonchev–Trinajstić information content (AvgIpc) is 3.39. The fraction of sp³-hybridized carbons (Fsp3) is 0.318. The molecule has 2 N–H and O–H groups in total. The predicted octanol–water partition coefficient (Wildman–Crippen LogP) is 4.67. The first-order valence-electron chi connectivity index (χ1n) is 9.97. The minimum atomic E-state index is -4.51. The number of rotatable bonds is 2. The average molecular weight is 463 g/mol. The van der Waals surface area contributed by atoms with Crippen molar-refractivity contribution in [3.63, 3.8) is 0 Å². The lowest BCUT2D eigenvalue weighted by molar-refractivity contribution is -0.141. The fourth-order valence-electron chi connectivity index (χ4n) is 4.49. The second kappa shape index (κ2) is 7.31. The maximum atomic E-state index is 13.4. The van der Waals surface area contributed by atoms with Gasteiger partial charge in [-0.1, -0.05) is 17.7 Å². The van der Waals surface area contributed by atoms with Crippen molar-refractivity contribution in [1.29, 1.82) is 0 Å². The van der Waals surface area contributed by atoms with Crippen molar-refractivity contribution in [3.05, 3.63) is 62.9 Å². The highest BCUT2D eigenvalue weighted by Crippen LogP contribution is 2.39. The van der Waals surface area contributed by atoms with Gasteiger partial charge in [0, 0.05) is 23.7 Å². The van der Waals surface area contributed by atoms with Crippen LogP contribution in [0.15, 0.2) is 24.3 Å². The van der Waals surface area contributed by atoms with Crippen molar-refractivity contribution in [1.82, 2.24) is 14.9 Å². The highest BCUT2D eigenvalue weighted by atomic mass is 35.5. The Bertz CT molecular complexity index is 1280. The Morgan fingerprint density at radius 2 is 1.97 bits per heavy atom. The molecule has 0 radical (unpaired) electrons. The molecule has 1 aromatic carbocycles. The van der Waals surface area contributed by atoms with Crippen LogP contribution in [0.1, 0.15) is 50.9 Å². The van der Waals surface area contributed by atoms with Gasteiger partial charge in [-0.2, -0.15) is 13.2 Å². The van der Waals surface area contributed by atoms with E-state index in [0.29, 0.717) is 48.6 Å². The third-order valence-electron chi connectivity index (χ3n) is 6.15. The van der Waals surface area contributed by atoms with Crippen molar-refractivity contribution in [3.8, 4) is 0 Å². The number of nitrogens with zero attached hydrogens (tertiary/aromatic N) is 3. The number of hydrogen-bond donors (Lipinski definition) is 1. The minimum Gasteiger partial charge on any atom is -0.383 e. The summed E-state index contributed by atoms with van der Waals surface area (Å²) < 4.78 is 44.5. The third kappa shape index (κ3) is 3.27. The van der Waals surface area contributed by atoms with Crippen molar-refractivity contribution < 1.29 is 22.7 Å². The number of benzene rings is 1. The van der Waals surface area contributed by atoms with E-state index in [4.69, 9.17) is 22.1 Å². The molecule has 0 saturated carbocycles. The molecule has 5 rings (SSSR count). The van der Waals surface area contributed by atoms with Crippen molar-refractivity contribution in [2.75, 3.05) is 12.8 Å². The Hall–Kier alpha value is -2.91. The molecule has 1 aliphatic heterocycles. The highest BCUT2D eigenvalue weighted by Gasteiger charge is 2.36. The van der Waals surface area contributed by atoms with Crippen LogP contribution in [0.25, 0.3) is 10.9 Å². The number of amides is 1. The maximum absolute atomic E-state index is 13.4. The molecular weight excluding hydrogens is 445 g/mol. The standard InChI is InChI=1S/C22H18ClF3N4O2/c1-30(18-4-3-16-10(18)2-5-19(28-16)22(24,25)26)21(31)12-6-11-13-8-32-9-14(13)20(27)29-17(11)7-15(12)23/h2,5-7,18H,3-4,8-9H2,1H3,(H2,27,29)/t18-/m0/s1. The van der Waals surface area contributed by atoms with Crippen LogP contribution in [-0.4, -0.2) is 27.8 Å². The number of nitrogens with two attached hydrogens (primary N) is 1. The number of fused-ring (bicyclic) bond motifs is 4. The van der Waals surface area contributed by atoms with Gasteiger partial charge in [0.25, 0.3) is 5.91 Å². The molecule has 1 amide bonds. The highest BCUT2D eigenvalue weighted by molar-refractivity contribution is 6.34. The smallest absolute Gasteiger partial charge is 0.383 e. The summed E-state index contributed by atoms with van der Waals surface area (Å²) in [5, 5.41) is 0.972. The van der Waals surface area contributed by atoms with Gasteiger partial charge in [-0.05, 0) is 42.2 Å². The Kier molecular flexibility index (Phi) is 4.79. The summed E-state index contributed by atoms with van der Waals surface area (Å²) in [6.45, 7) is 0.731. The number of alkyl halides is 3. The lowest BCUT2D eigenvalue weighted by atomic mass is 10.0. The predicted molar refractivity (Wildman–Crippen MR) is 112 cm³/mol. The second-order valence-electron chi connectivity index (χ2n) is 8.00. The van der Waals surface area contributed by atoms with E-state index in [-0.39, 0.29) is 16.5 Å². The number of carbonyl (C=O) groups is 1. The van der Waals surface area contributed by atoms with Crippen molar-refractivity contribution >= 4 is 34.2 Å². The lowest BCUT2D eigenvalue weighted by Crippen LogP contribution is -2.30. The van der Waals surface area contributed by atoms with E-state index >= 15 is 0 Å². The van der Waals surface area contributed by atoms with Gasteiger partial charge in [0.2, 0.25) is 0 Å². The third-order valence-corrected chi connectivity index (χ3v) is 6.46. The molecular formula is C22H18ClF3N4O2. The van der Waals surface area contributed by atoms with Gasteiger partial charge in [-0.15, -0.1) is 0 Å². The number of nitrogen functional groups attached to an aromatic ring is 1. The Balaban J connectivity index is 1.50. The molecule has 0 bridgehead atoms. The first kappa shape index (κ1) is 21.0. The first-order valence-corrected chi connectivity index (χ1v) is 10.4. The van der Waals surface area contributed by atoms with Crippen LogP contribution in [0.4, 0.5) is 19.0 Å². The van der Waals surface area contributed by atoms with Gasteiger partial charge in [-0.3, -0.25) is 4.79 Å². The zero-order valence-corrected chi connectivity index (χ0v) is 17.7. The summed E-state index contributed by atoms with van der Waals surface area (Å²) in [5.74, 6) is 0.0460. The second-order valence-corrected chi connectivity index (χ2v) is 8.40. The molecule has 2 aromatic heterocycles. The van der Waals surface area contributed by atoms with Crippen molar-refractivity contribution in [2.24, 2.45) is 0 Å². The van der Waals surface area contributed by atoms with Crippen LogP contribution in [-0.2, 0) is 30.5 Å². The molecule has 3 aromatic rings. The molecule has 166 valence electrons. The van der Waals surface area contributed by atoms with Crippen LogP contribution < -0.4 is 5.73 Å². The summed E-state index contributed by atoms with van der Waals surface area (Å²) in [5.41, 5.74) is 8.63. The number of aryl methyl sites for hydroxylation is 1. The van der Waals surface area contributed by atoms with Gasteiger partial charge >= 0.3 is 6.18 Å². The summed E-state index contributed by atoms with van der Waals surface area (Å²) >= 11 is 6.43. The van der Waals surface area contributed by atoms with Crippen molar-refractivity contribution in [2.45, 2.75) is 38.3 Å². The van der Waals surface area contributed by atoms with Crippen LogP contribution in [0.3, 0.4) is 0 Å². The number of pyridine rings is 2. The molecule has 2 aliphatic rings. The molecule has 10 heteroatoms. The monoisotopic (exact) mass is 462 g/mol. The number of halogens is 4. The first-order chi connectivity index (χ1) is 15.1. The molecule has 0 unspecified atom stereocenters. The van der Waals surface area contributed by atoms with E-state index in [1.165, 1.54) is 11.0 Å². The topological polar surface area (TPSA) is 81.3 Å². The quantitative estimate of drug-likeness (QED) is 0.598. The van der Waals surface area contributed by atoms with Crippen LogP contribution in [0.2, 0.25) is 5.02 Å². The molecule has 0 fully saturated rings. The van der Waals surface area contributed by atoms with E-state index < -0.39 is 17.9 Å². The van der Waals surface area contributed by atoms with E-state index in [9.17, 15) is 18.0 Å². The molecule has 6 nitrogen and oxygen atoms in total. The zero-order chi connectivity index (χ0) is 22.8. The van der Waals surface area contributed by atoms with E-state index in [2.05, 4.69) is 9.97 Å². The Morgan fingerprint density at radius 3 is 2.72 bits per heavy atom. The summed E-state index contributed by atoms with van der Waals surface area (Å²) in [4.78, 5) is 23.0. The van der Waals surface area contributed by atoms with Crippen LogP contribution >= 0.6 is 11.6 Å². The number of aromatic nitrogens is 2. The van der Waals surface area contributed by atoms with Gasteiger partial charge in [0.15, 0.2) is 0 Å². The van der Waals surface area contributed by atoms with Gasteiger partial charge in [0.05, 0.1) is 35.4 Å². The SMILES string of the molecule is CN(C(=O)c1cc2c3c(c(N)nc2cc1Cl)COC3)[C@H]1CCc2nc(C(F)(F)F)ccc21. The molecule has 1 atom stereocenters. The van der Waals surface area contributed by atoms with Gasteiger partial charge in [-0.25, -0.2) is 9.97 Å². The summed E-state index contributed by atoms with van der Waals surface area (Å²) in [7, 11) is 1.62. The Morgan fingerprint density at radius 1 is 1.22 bits per heavy atom. The molecule has 32 heavy (non-hydrogen) atoms. The van der Waals surface area contributed by atoms with E-state index in [1.54, 1.807) is 19.2 Å². The lowest BCUT2D eigenvalue weighted by Gasteiger charge is -2.26. The van der Waals surface area contributed by atoms with Crippen LogP contribution in [0, 0.1) is 0 Å². The summed E-state index contributed by atoms with van der Waals surface area (Å²) in [6.07, 6.45) is -3.66. The van der Waals surface area contributed by atoms with Gasteiger partial charge < -0.3 is 15.4 Å². The molecule has 0 spiro atoms. The Labute approximate surface area is 186 Å². The molecule has 1 aliphatic carbocycles. The van der Waals surface area contributed by atoms with E-state index in [1.807, 2.05) is 0 Å². The maximum Gasteiger partial charge on any atom is 0.433 e. The van der Waals surface area contributed by atoms with E-state index in [0.717, 1.165) is 22.6 Å². The summed E-state index contributed by atoms with van der Waals surface area (Å²) in [6, 6.07) is 5.27. The van der Waals surface area contributed by atoms with Crippen LogP contribution in [0.5, 0.6) is 0 Å². The number of ether oxygens (including phenoxy) is 1. The molecule has 0 saturated heterocycles. The normalized spacial score (nSPS) is 17.5. The fourth-order valence-corrected chi connectivity index (χ4v) is 4.73. The number of carbonyl (C=O) groups excluding carboxylic acids is 1. The number of anilines is 1. The largest absolute Gasteiger partial charge is 0.433 e. The minimum absolute atomic E-state index is 0.226. The number of hydrogen-bond acceptors (Lipinski definition) is 5. The molecule has 3 heterocycles. The van der Waals surface area contributed by atoms with Gasteiger partial charge in [0.1, 0.15) is 11.5 Å².